The van der Waals surface area contributed by atoms with Crippen LogP contribution in [0, 0.1) is 5.92 Å². The summed E-state index contributed by atoms with van der Waals surface area (Å²) in [5.41, 5.74) is 0.596. The minimum atomic E-state index is -0.711. The van der Waals surface area contributed by atoms with Crippen molar-refractivity contribution in [2.45, 2.75) is 26.1 Å². The number of halogens is 2. The lowest BCUT2D eigenvalue weighted by Crippen LogP contribution is -2.27. The molecule has 0 aliphatic rings. The summed E-state index contributed by atoms with van der Waals surface area (Å²) in [6.45, 7) is 3.87. The van der Waals surface area contributed by atoms with E-state index in [0.29, 0.717) is 15.6 Å². The lowest BCUT2D eigenvalue weighted by atomic mass is 9.96. The molecule has 0 saturated heterocycles. The van der Waals surface area contributed by atoms with Crippen LogP contribution < -0.4 is 0 Å². The molecule has 102 valence electrons. The summed E-state index contributed by atoms with van der Waals surface area (Å²) in [6, 6.07) is 5.20. The van der Waals surface area contributed by atoms with Crippen molar-refractivity contribution in [3.05, 3.63) is 33.8 Å². The van der Waals surface area contributed by atoms with Crippen molar-refractivity contribution in [2.75, 3.05) is 13.9 Å². The maximum Gasteiger partial charge on any atom is 0.147 e. The average Bonchev–Trinajstić information content (AvgIpc) is 2.32. The number of hydrogen-bond acceptors (Lipinski definition) is 3. The molecule has 0 amide bonds. The molecular formula is C13H18Cl2O3. The molecule has 0 saturated carbocycles. The second-order valence-electron chi connectivity index (χ2n) is 4.36. The standard InChI is InChI=1S/C13H18Cl2O3/c1-8(2)12(16)13(18-7-17-3)11-9(14)5-4-6-10(11)15/h4-6,8,12-13,16H,7H2,1-3H3/t12-,13-/m0/s1. The molecule has 0 spiro atoms. The molecule has 5 heteroatoms. The average molecular weight is 293 g/mol. The first-order valence-corrected chi connectivity index (χ1v) is 6.47. The van der Waals surface area contributed by atoms with Crippen LogP contribution in [0.25, 0.3) is 0 Å². The van der Waals surface area contributed by atoms with Crippen molar-refractivity contribution < 1.29 is 14.6 Å². The van der Waals surface area contributed by atoms with Crippen molar-refractivity contribution in [3.8, 4) is 0 Å². The Hall–Kier alpha value is -0.320. The number of aliphatic hydroxyl groups is 1. The third kappa shape index (κ3) is 3.84. The second kappa shape index (κ2) is 7.31. The number of benzene rings is 1. The SMILES string of the molecule is COCO[C@@H](c1c(Cl)cccc1Cl)[C@@H](O)C(C)C. The second-order valence-corrected chi connectivity index (χ2v) is 5.18. The number of methoxy groups -OCH3 is 1. The normalized spacial score (nSPS) is 14.8. The van der Waals surface area contributed by atoms with Crippen molar-refractivity contribution >= 4 is 23.2 Å². The number of ether oxygens (including phenoxy) is 2. The van der Waals surface area contributed by atoms with Crippen LogP contribution in [-0.2, 0) is 9.47 Å². The van der Waals surface area contributed by atoms with Crippen LogP contribution in [-0.4, -0.2) is 25.1 Å². The van der Waals surface area contributed by atoms with Gasteiger partial charge in [-0.25, -0.2) is 0 Å². The van der Waals surface area contributed by atoms with Crippen LogP contribution in [0.1, 0.15) is 25.5 Å². The molecule has 2 atom stereocenters. The van der Waals surface area contributed by atoms with Crippen LogP contribution in [0.5, 0.6) is 0 Å². The van der Waals surface area contributed by atoms with E-state index < -0.39 is 12.2 Å². The Morgan fingerprint density at radius 3 is 2.22 bits per heavy atom. The zero-order valence-electron chi connectivity index (χ0n) is 10.7. The molecule has 3 nitrogen and oxygen atoms in total. The van der Waals surface area contributed by atoms with E-state index in [9.17, 15) is 5.11 Å². The maximum atomic E-state index is 10.2. The molecule has 1 rings (SSSR count). The lowest BCUT2D eigenvalue weighted by Gasteiger charge is -2.27. The van der Waals surface area contributed by atoms with Crippen molar-refractivity contribution in [2.24, 2.45) is 5.92 Å². The third-order valence-electron chi connectivity index (χ3n) is 2.64. The van der Waals surface area contributed by atoms with Gasteiger partial charge < -0.3 is 14.6 Å². The number of hydrogen-bond donors (Lipinski definition) is 1. The molecule has 0 aliphatic carbocycles. The van der Waals surface area contributed by atoms with Crippen molar-refractivity contribution in [1.82, 2.24) is 0 Å². The molecule has 0 radical (unpaired) electrons. The third-order valence-corrected chi connectivity index (χ3v) is 3.30. The number of rotatable bonds is 6. The van der Waals surface area contributed by atoms with Crippen LogP contribution in [0.2, 0.25) is 10.0 Å². The first-order chi connectivity index (χ1) is 8.49. The Balaban J connectivity index is 3.08. The largest absolute Gasteiger partial charge is 0.390 e. The molecule has 1 aromatic rings. The zero-order chi connectivity index (χ0) is 13.7. The summed E-state index contributed by atoms with van der Waals surface area (Å²) in [5, 5.41) is 11.2. The van der Waals surface area contributed by atoms with Gasteiger partial charge in [-0.1, -0.05) is 43.1 Å². The highest BCUT2D eigenvalue weighted by Crippen LogP contribution is 2.36. The fourth-order valence-corrected chi connectivity index (χ4v) is 2.24. The lowest BCUT2D eigenvalue weighted by molar-refractivity contribution is -0.124. The van der Waals surface area contributed by atoms with Gasteiger partial charge in [0.2, 0.25) is 0 Å². The summed E-state index contributed by atoms with van der Waals surface area (Å²) >= 11 is 12.3. The molecule has 0 aliphatic heterocycles. The minimum Gasteiger partial charge on any atom is -0.390 e. The fourth-order valence-electron chi connectivity index (χ4n) is 1.63. The first kappa shape index (κ1) is 15.7. The van der Waals surface area contributed by atoms with Gasteiger partial charge in [0, 0.05) is 22.7 Å². The molecule has 1 aromatic carbocycles. The van der Waals surface area contributed by atoms with E-state index in [4.69, 9.17) is 32.7 Å². The zero-order valence-corrected chi connectivity index (χ0v) is 12.2. The van der Waals surface area contributed by atoms with Gasteiger partial charge in [-0.2, -0.15) is 0 Å². The Kier molecular flexibility index (Phi) is 6.39. The monoisotopic (exact) mass is 292 g/mol. The molecule has 18 heavy (non-hydrogen) atoms. The molecule has 1 N–H and O–H groups in total. The van der Waals surface area contributed by atoms with E-state index in [-0.39, 0.29) is 12.7 Å². The van der Waals surface area contributed by atoms with Gasteiger partial charge in [0.25, 0.3) is 0 Å². The predicted octanol–water partition coefficient (Wildman–Crippen LogP) is 3.67. The van der Waals surface area contributed by atoms with Crippen LogP contribution in [0.4, 0.5) is 0 Å². The van der Waals surface area contributed by atoms with Gasteiger partial charge in [-0.15, -0.1) is 0 Å². The summed E-state index contributed by atoms with van der Waals surface area (Å²) in [4.78, 5) is 0. The van der Waals surface area contributed by atoms with E-state index in [0.717, 1.165) is 0 Å². The van der Waals surface area contributed by atoms with E-state index in [1.807, 2.05) is 13.8 Å². The fraction of sp³-hybridized carbons (Fsp3) is 0.538. The van der Waals surface area contributed by atoms with Gasteiger partial charge in [0.05, 0.1) is 6.10 Å². The highest BCUT2D eigenvalue weighted by molar-refractivity contribution is 6.36. The molecule has 0 aromatic heterocycles. The first-order valence-electron chi connectivity index (χ1n) is 5.71. The van der Waals surface area contributed by atoms with E-state index in [2.05, 4.69) is 0 Å². The molecule has 0 fully saturated rings. The van der Waals surface area contributed by atoms with Crippen LogP contribution >= 0.6 is 23.2 Å². The number of aliphatic hydroxyl groups excluding tert-OH is 1. The van der Waals surface area contributed by atoms with E-state index >= 15 is 0 Å². The highest BCUT2D eigenvalue weighted by Gasteiger charge is 2.28. The summed E-state index contributed by atoms with van der Waals surface area (Å²) in [7, 11) is 1.52. The molecular weight excluding hydrogens is 275 g/mol. The molecule has 0 unspecified atom stereocenters. The van der Waals surface area contributed by atoms with Gasteiger partial charge in [-0.05, 0) is 18.1 Å². The van der Waals surface area contributed by atoms with Gasteiger partial charge in [-0.3, -0.25) is 0 Å². The Bertz CT molecular complexity index is 362. The van der Waals surface area contributed by atoms with Crippen LogP contribution in [0.3, 0.4) is 0 Å². The Labute approximate surface area is 118 Å². The van der Waals surface area contributed by atoms with Crippen molar-refractivity contribution in [1.29, 1.82) is 0 Å². The van der Waals surface area contributed by atoms with E-state index in [1.54, 1.807) is 18.2 Å². The Morgan fingerprint density at radius 1 is 1.22 bits per heavy atom. The quantitative estimate of drug-likeness (QED) is 0.813. The van der Waals surface area contributed by atoms with E-state index in [1.165, 1.54) is 7.11 Å². The van der Waals surface area contributed by atoms with Gasteiger partial charge in [0.1, 0.15) is 12.9 Å². The van der Waals surface area contributed by atoms with Crippen molar-refractivity contribution in [3.63, 3.8) is 0 Å². The Morgan fingerprint density at radius 2 is 1.78 bits per heavy atom. The topological polar surface area (TPSA) is 38.7 Å². The summed E-state index contributed by atoms with van der Waals surface area (Å²) in [6.07, 6.45) is -1.32. The smallest absolute Gasteiger partial charge is 0.147 e. The molecule has 0 heterocycles. The van der Waals surface area contributed by atoms with Gasteiger partial charge in [0.15, 0.2) is 0 Å². The minimum absolute atomic E-state index is 0.0131. The summed E-state index contributed by atoms with van der Waals surface area (Å²) in [5.74, 6) is 0.0131. The summed E-state index contributed by atoms with van der Waals surface area (Å²) < 4.78 is 10.4. The highest BCUT2D eigenvalue weighted by atomic mass is 35.5. The van der Waals surface area contributed by atoms with Crippen LogP contribution in [0.15, 0.2) is 18.2 Å². The molecule has 0 bridgehead atoms. The predicted molar refractivity (Wildman–Crippen MR) is 73.0 cm³/mol. The van der Waals surface area contributed by atoms with Gasteiger partial charge >= 0.3 is 0 Å². The maximum absolute atomic E-state index is 10.2.